The number of hydrogen-bond acceptors (Lipinski definition) is 6. The molecule has 7 nitrogen and oxygen atoms in total. The van der Waals surface area contributed by atoms with Gasteiger partial charge in [-0.15, -0.1) is 0 Å². The number of benzene rings is 1. The number of hydrogen-bond donors (Lipinski definition) is 0. The van der Waals surface area contributed by atoms with Crippen LogP contribution in [0.25, 0.3) is 0 Å². The predicted molar refractivity (Wildman–Crippen MR) is 159 cm³/mol. The standard InChI is InChI=1S/C29H51NO6Si2/c1-21(2)28(5,6)37(9,10)35-20-25-27(34-18-23-16-14-13-15-17-23)26(24(19-33-25)30(31)32)36-38(11,12)29(7,8)22(3)4/h13-17,19,21-22,25-27H,18,20H2,1-12H3/t25-,26-,27+/m1/s1. The summed E-state index contributed by atoms with van der Waals surface area (Å²) in [5.41, 5.74) is 0.885. The Kier molecular flexibility index (Phi) is 10.6. The minimum atomic E-state index is -2.47. The number of ether oxygens (including phenoxy) is 2. The van der Waals surface area contributed by atoms with Crippen LogP contribution < -0.4 is 0 Å². The quantitative estimate of drug-likeness (QED) is 0.138. The van der Waals surface area contributed by atoms with Gasteiger partial charge in [0.2, 0.25) is 0 Å². The molecule has 0 unspecified atom stereocenters. The molecule has 216 valence electrons. The summed E-state index contributed by atoms with van der Waals surface area (Å²) in [6.07, 6.45) is -0.828. The van der Waals surface area contributed by atoms with Crippen molar-refractivity contribution in [2.24, 2.45) is 11.8 Å². The average molecular weight is 566 g/mol. The molecule has 0 fully saturated rings. The monoisotopic (exact) mass is 565 g/mol. The molecule has 0 spiro atoms. The minimum Gasteiger partial charge on any atom is -0.486 e. The largest absolute Gasteiger partial charge is 0.486 e. The molecular weight excluding hydrogens is 514 g/mol. The lowest BCUT2D eigenvalue weighted by atomic mass is 9.99. The van der Waals surface area contributed by atoms with E-state index in [9.17, 15) is 10.1 Å². The van der Waals surface area contributed by atoms with Gasteiger partial charge in [-0.05, 0) is 53.7 Å². The van der Waals surface area contributed by atoms with Gasteiger partial charge in [0, 0.05) is 0 Å². The molecule has 0 saturated carbocycles. The summed E-state index contributed by atoms with van der Waals surface area (Å²) in [6.45, 7) is 27.0. The van der Waals surface area contributed by atoms with E-state index in [0.29, 0.717) is 18.4 Å². The molecule has 3 atom stereocenters. The van der Waals surface area contributed by atoms with Crippen LogP contribution in [0.5, 0.6) is 0 Å². The van der Waals surface area contributed by atoms with Crippen molar-refractivity contribution in [3.8, 4) is 0 Å². The summed E-state index contributed by atoms with van der Waals surface area (Å²) in [5.74, 6) is 0.795. The SMILES string of the molecule is CC(C)C(C)(C)[Si](C)(C)OC[C@H]1OC=C([N+](=O)[O-])[C@@H](O[Si](C)(C)C(C)(C)C(C)C)[C@H]1OCc1ccccc1. The van der Waals surface area contributed by atoms with E-state index in [1.807, 2.05) is 30.3 Å². The molecule has 1 heterocycles. The Bertz CT molecular complexity index is 959. The zero-order valence-corrected chi connectivity index (χ0v) is 27.7. The fourth-order valence-corrected chi connectivity index (χ4v) is 9.30. The lowest BCUT2D eigenvalue weighted by molar-refractivity contribution is -0.444. The van der Waals surface area contributed by atoms with Crippen molar-refractivity contribution in [1.82, 2.24) is 0 Å². The van der Waals surface area contributed by atoms with E-state index in [1.54, 1.807) is 0 Å². The third-order valence-corrected chi connectivity index (χ3v) is 18.9. The van der Waals surface area contributed by atoms with E-state index in [4.69, 9.17) is 18.3 Å². The molecule has 0 aliphatic carbocycles. The first-order chi connectivity index (χ1) is 17.3. The first-order valence-corrected chi connectivity index (χ1v) is 19.6. The summed E-state index contributed by atoms with van der Waals surface area (Å²) in [5, 5.41) is 12.1. The van der Waals surface area contributed by atoms with Crippen LogP contribution in [-0.4, -0.2) is 46.5 Å². The van der Waals surface area contributed by atoms with Crippen molar-refractivity contribution in [1.29, 1.82) is 0 Å². The normalized spacial score (nSPS) is 21.4. The second-order valence-electron chi connectivity index (χ2n) is 13.4. The van der Waals surface area contributed by atoms with Crippen LogP contribution in [0.1, 0.15) is 61.0 Å². The summed E-state index contributed by atoms with van der Waals surface area (Å²) in [4.78, 5) is 11.8. The number of rotatable bonds is 13. The second kappa shape index (κ2) is 12.3. The van der Waals surface area contributed by atoms with Gasteiger partial charge in [-0.2, -0.15) is 0 Å². The van der Waals surface area contributed by atoms with Crippen molar-refractivity contribution in [3.63, 3.8) is 0 Å². The molecule has 0 N–H and O–H groups in total. The zero-order chi connectivity index (χ0) is 29.1. The molecule has 0 saturated heterocycles. The van der Waals surface area contributed by atoms with Gasteiger partial charge in [0.1, 0.15) is 12.2 Å². The smallest absolute Gasteiger partial charge is 0.310 e. The average Bonchev–Trinajstić information content (AvgIpc) is 2.81. The van der Waals surface area contributed by atoms with Gasteiger partial charge in [0.05, 0.1) is 18.1 Å². The first-order valence-electron chi connectivity index (χ1n) is 13.8. The van der Waals surface area contributed by atoms with Crippen LogP contribution >= 0.6 is 0 Å². The predicted octanol–water partition coefficient (Wildman–Crippen LogP) is 7.77. The van der Waals surface area contributed by atoms with Gasteiger partial charge < -0.3 is 18.3 Å². The Balaban J connectivity index is 2.45. The molecule has 9 heteroatoms. The van der Waals surface area contributed by atoms with Gasteiger partial charge in [0.25, 0.3) is 0 Å². The van der Waals surface area contributed by atoms with Crippen molar-refractivity contribution in [3.05, 3.63) is 58.0 Å². The summed E-state index contributed by atoms with van der Waals surface area (Å²) < 4.78 is 25.9. The molecule has 1 aliphatic heterocycles. The Morgan fingerprint density at radius 2 is 1.47 bits per heavy atom. The van der Waals surface area contributed by atoms with Crippen molar-refractivity contribution < 1.29 is 23.2 Å². The number of nitro groups is 1. The molecule has 0 bridgehead atoms. The van der Waals surface area contributed by atoms with E-state index in [0.717, 1.165) is 5.56 Å². The van der Waals surface area contributed by atoms with Gasteiger partial charge in [-0.1, -0.05) is 85.7 Å². The summed E-state index contributed by atoms with van der Waals surface area (Å²) in [6, 6.07) is 9.83. The van der Waals surface area contributed by atoms with Crippen LogP contribution in [0.15, 0.2) is 42.3 Å². The third-order valence-electron chi connectivity index (χ3n) is 9.84. The third kappa shape index (κ3) is 7.16. The molecule has 2 rings (SSSR count). The maximum atomic E-state index is 12.2. The highest BCUT2D eigenvalue weighted by molar-refractivity contribution is 6.74. The Morgan fingerprint density at radius 1 is 0.947 bits per heavy atom. The van der Waals surface area contributed by atoms with E-state index < -0.39 is 39.9 Å². The molecular formula is C29H51NO6Si2. The topological polar surface area (TPSA) is 80.1 Å². The fourth-order valence-electron chi connectivity index (χ4n) is 4.37. The summed E-state index contributed by atoms with van der Waals surface area (Å²) >= 11 is 0. The Morgan fingerprint density at radius 3 is 1.97 bits per heavy atom. The molecule has 0 radical (unpaired) electrons. The second-order valence-corrected chi connectivity index (χ2v) is 22.5. The Hall–Kier alpha value is -1.53. The number of nitrogens with zero attached hydrogens (tertiary/aromatic N) is 1. The van der Waals surface area contributed by atoms with E-state index in [2.05, 4.69) is 81.6 Å². The molecule has 38 heavy (non-hydrogen) atoms. The van der Waals surface area contributed by atoms with Gasteiger partial charge in [0.15, 0.2) is 29.0 Å². The highest BCUT2D eigenvalue weighted by atomic mass is 28.4. The molecule has 0 aromatic heterocycles. The maximum absolute atomic E-state index is 12.2. The first kappa shape index (κ1) is 32.7. The van der Waals surface area contributed by atoms with E-state index in [-0.39, 0.29) is 22.4 Å². The van der Waals surface area contributed by atoms with Crippen molar-refractivity contribution in [2.45, 2.75) is 117 Å². The molecule has 1 aromatic carbocycles. The van der Waals surface area contributed by atoms with Crippen LogP contribution in [0.3, 0.4) is 0 Å². The molecule has 1 aromatic rings. The lowest BCUT2D eigenvalue weighted by Crippen LogP contribution is -2.57. The van der Waals surface area contributed by atoms with Gasteiger partial charge in [-0.3, -0.25) is 10.1 Å². The van der Waals surface area contributed by atoms with Crippen LogP contribution in [-0.2, 0) is 24.9 Å². The lowest BCUT2D eigenvalue weighted by Gasteiger charge is -2.47. The van der Waals surface area contributed by atoms with Crippen molar-refractivity contribution in [2.75, 3.05) is 6.61 Å². The van der Waals surface area contributed by atoms with Crippen LogP contribution in [0.2, 0.25) is 36.3 Å². The van der Waals surface area contributed by atoms with Gasteiger partial charge >= 0.3 is 5.70 Å². The summed E-state index contributed by atoms with van der Waals surface area (Å²) in [7, 11) is -4.64. The maximum Gasteiger partial charge on any atom is 0.310 e. The van der Waals surface area contributed by atoms with E-state index >= 15 is 0 Å². The van der Waals surface area contributed by atoms with Crippen molar-refractivity contribution >= 4 is 16.6 Å². The highest BCUT2D eigenvalue weighted by Gasteiger charge is 2.52. The molecule has 0 amide bonds. The van der Waals surface area contributed by atoms with Gasteiger partial charge in [-0.25, -0.2) is 0 Å². The van der Waals surface area contributed by atoms with E-state index in [1.165, 1.54) is 6.26 Å². The minimum absolute atomic E-state index is 0.0238. The Labute approximate surface area is 232 Å². The highest BCUT2D eigenvalue weighted by Crippen LogP contribution is 2.47. The molecule has 1 aliphatic rings. The zero-order valence-electron chi connectivity index (χ0n) is 25.7. The fraction of sp³-hybridized carbons (Fsp3) is 0.724. The van der Waals surface area contributed by atoms with Crippen LogP contribution in [0, 0.1) is 22.0 Å². The van der Waals surface area contributed by atoms with Crippen LogP contribution in [0.4, 0.5) is 0 Å².